The Morgan fingerprint density at radius 2 is 1.72 bits per heavy atom. The van der Waals surface area contributed by atoms with Gasteiger partial charge in [-0.1, -0.05) is 38.5 Å². The zero-order valence-corrected chi connectivity index (χ0v) is 18.5. The van der Waals surface area contributed by atoms with Gasteiger partial charge in [-0.05, 0) is 45.6 Å². The van der Waals surface area contributed by atoms with Crippen molar-refractivity contribution in [1.29, 1.82) is 0 Å². The lowest BCUT2D eigenvalue weighted by atomic mass is 9.37. The number of allylic oxidation sites excluding steroid dienone is 3. The van der Waals surface area contributed by atoms with E-state index < -0.39 is 35.0 Å². The highest BCUT2D eigenvalue weighted by Crippen LogP contribution is 2.72. The third-order valence-electron chi connectivity index (χ3n) is 7.30. The van der Waals surface area contributed by atoms with Gasteiger partial charge in [-0.15, -0.1) is 0 Å². The molecule has 0 aliphatic heterocycles. The van der Waals surface area contributed by atoms with E-state index in [-0.39, 0.29) is 23.5 Å². The maximum absolute atomic E-state index is 13.0. The van der Waals surface area contributed by atoms with Gasteiger partial charge in [-0.25, -0.2) is 9.59 Å². The van der Waals surface area contributed by atoms with Crippen LogP contribution in [0.25, 0.3) is 0 Å². The van der Waals surface area contributed by atoms with Crippen LogP contribution < -0.4 is 0 Å². The molecular weight excluding hydrogens is 368 g/mol. The molecule has 0 N–H and O–H groups in total. The van der Waals surface area contributed by atoms with Crippen LogP contribution in [0.15, 0.2) is 35.5 Å². The Kier molecular flexibility index (Phi) is 5.17. The first-order valence-corrected chi connectivity index (χ1v) is 10.3. The Morgan fingerprint density at radius 1 is 1.10 bits per heavy atom. The van der Waals surface area contributed by atoms with Gasteiger partial charge in [0.05, 0.1) is 0 Å². The minimum Gasteiger partial charge on any atom is -0.458 e. The largest absolute Gasteiger partial charge is 0.458 e. The summed E-state index contributed by atoms with van der Waals surface area (Å²) in [5.74, 6) is -0.884. The Bertz CT molecular complexity index is 841. The van der Waals surface area contributed by atoms with E-state index in [0.29, 0.717) is 12.0 Å². The fourth-order valence-corrected chi connectivity index (χ4v) is 5.94. The van der Waals surface area contributed by atoms with Crippen molar-refractivity contribution in [3.8, 4) is 0 Å². The van der Waals surface area contributed by atoms with Gasteiger partial charge in [-0.2, -0.15) is 0 Å². The molecular formula is C24H32O5. The topological polar surface area (TPSA) is 69.7 Å². The van der Waals surface area contributed by atoms with Gasteiger partial charge in [-0.3, -0.25) is 4.79 Å². The summed E-state index contributed by atoms with van der Waals surface area (Å²) in [4.78, 5) is 37.8. The van der Waals surface area contributed by atoms with Gasteiger partial charge in [0, 0.05) is 34.8 Å². The van der Waals surface area contributed by atoms with E-state index in [9.17, 15) is 14.4 Å². The van der Waals surface area contributed by atoms with Crippen molar-refractivity contribution >= 4 is 17.7 Å². The number of esters is 2. The number of carbonyl (C=O) groups excluding carboxylic acids is 3. The van der Waals surface area contributed by atoms with Gasteiger partial charge >= 0.3 is 11.9 Å². The third-order valence-corrected chi connectivity index (χ3v) is 7.30. The molecule has 3 fully saturated rings. The Labute approximate surface area is 173 Å². The zero-order chi connectivity index (χ0) is 21.9. The molecule has 6 unspecified atom stereocenters. The summed E-state index contributed by atoms with van der Waals surface area (Å²) in [5.41, 5.74) is 1.26. The number of carbonyl (C=O) groups is 3. The SMILES string of the molecule is C=C(C)C(=O)OC1CC(OC(=O)C=C(C)C)C2(C)C3C(=O)C=C(C)C2C3C1(C)C. The molecule has 4 aliphatic carbocycles. The number of rotatable bonds is 4. The standard InChI is InChI=1S/C24H32O5/c1-12(2)9-18(26)28-17-11-16(29-22(27)13(3)4)23(6,7)21-19-14(5)10-15(25)20(21)24(17,19)8/h9-10,16-17,19-21H,3,11H2,1-2,4-8H3. The number of ketones is 1. The number of hydrogen-bond acceptors (Lipinski definition) is 5. The third kappa shape index (κ3) is 3.19. The lowest BCUT2D eigenvalue weighted by molar-refractivity contribution is -0.201. The van der Waals surface area contributed by atoms with Crippen LogP contribution in [0, 0.1) is 28.6 Å². The number of fused-ring (bicyclic) bond motifs is 3. The second kappa shape index (κ2) is 6.96. The summed E-state index contributed by atoms with van der Waals surface area (Å²) < 4.78 is 11.8. The first-order chi connectivity index (χ1) is 13.3. The fraction of sp³-hybridized carbons (Fsp3) is 0.625. The van der Waals surface area contributed by atoms with Crippen molar-refractivity contribution < 1.29 is 23.9 Å². The van der Waals surface area contributed by atoms with Crippen LogP contribution in [0.3, 0.4) is 0 Å². The Morgan fingerprint density at radius 3 is 2.24 bits per heavy atom. The Balaban J connectivity index is 2.06. The maximum atomic E-state index is 13.0. The molecule has 5 nitrogen and oxygen atoms in total. The summed E-state index contributed by atoms with van der Waals surface area (Å²) in [6, 6.07) is 0. The van der Waals surface area contributed by atoms with E-state index >= 15 is 0 Å². The second-order valence-corrected chi connectivity index (χ2v) is 10.0. The van der Waals surface area contributed by atoms with E-state index in [1.165, 1.54) is 6.08 Å². The maximum Gasteiger partial charge on any atom is 0.333 e. The molecule has 5 heteroatoms. The second-order valence-electron chi connectivity index (χ2n) is 10.0. The van der Waals surface area contributed by atoms with Crippen LogP contribution in [0.5, 0.6) is 0 Å². The monoisotopic (exact) mass is 400 g/mol. The molecule has 29 heavy (non-hydrogen) atoms. The normalized spacial score (nSPS) is 36.7. The quantitative estimate of drug-likeness (QED) is 0.523. The first kappa shape index (κ1) is 21.5. The van der Waals surface area contributed by atoms with Crippen molar-refractivity contribution in [3.05, 3.63) is 35.5 Å². The molecule has 0 heterocycles. The molecule has 4 bridgehead atoms. The minimum absolute atomic E-state index is 0.0417. The van der Waals surface area contributed by atoms with E-state index in [1.807, 2.05) is 27.7 Å². The molecule has 0 aromatic rings. The zero-order valence-electron chi connectivity index (χ0n) is 18.5. The lowest BCUT2D eigenvalue weighted by Crippen LogP contribution is -2.67. The molecule has 4 rings (SSSR count). The molecule has 0 spiro atoms. The summed E-state index contributed by atoms with van der Waals surface area (Å²) in [7, 11) is 0. The van der Waals surface area contributed by atoms with Crippen molar-refractivity contribution in [3.63, 3.8) is 0 Å². The van der Waals surface area contributed by atoms with Crippen molar-refractivity contribution in [2.45, 2.75) is 67.1 Å². The number of ether oxygens (including phenoxy) is 2. The smallest absolute Gasteiger partial charge is 0.333 e. The number of hydrogen-bond donors (Lipinski definition) is 0. The molecule has 0 aromatic heterocycles. The van der Waals surface area contributed by atoms with Crippen molar-refractivity contribution in [2.24, 2.45) is 28.6 Å². The van der Waals surface area contributed by atoms with Gasteiger partial charge in [0.25, 0.3) is 0 Å². The van der Waals surface area contributed by atoms with Crippen LogP contribution in [0.2, 0.25) is 0 Å². The molecule has 6 atom stereocenters. The molecule has 0 radical (unpaired) electrons. The molecule has 158 valence electrons. The van der Waals surface area contributed by atoms with Crippen LogP contribution in [-0.4, -0.2) is 29.9 Å². The van der Waals surface area contributed by atoms with Gasteiger partial charge in [0.1, 0.15) is 12.2 Å². The average Bonchev–Trinajstić information content (AvgIpc) is 2.66. The predicted molar refractivity (Wildman–Crippen MR) is 110 cm³/mol. The molecule has 4 aliphatic rings. The van der Waals surface area contributed by atoms with E-state index in [4.69, 9.17) is 9.47 Å². The molecule has 3 saturated carbocycles. The lowest BCUT2D eigenvalue weighted by Gasteiger charge is -2.65. The van der Waals surface area contributed by atoms with Crippen LogP contribution in [0.4, 0.5) is 0 Å². The van der Waals surface area contributed by atoms with Gasteiger partial charge in [0.2, 0.25) is 0 Å². The van der Waals surface area contributed by atoms with Gasteiger partial charge < -0.3 is 9.47 Å². The van der Waals surface area contributed by atoms with E-state index in [0.717, 1.165) is 11.1 Å². The average molecular weight is 401 g/mol. The summed E-state index contributed by atoms with van der Waals surface area (Å²) in [6.07, 6.45) is 2.57. The first-order valence-electron chi connectivity index (χ1n) is 10.3. The minimum atomic E-state index is -0.519. The van der Waals surface area contributed by atoms with Crippen molar-refractivity contribution in [2.75, 3.05) is 0 Å². The molecule has 0 aromatic carbocycles. The van der Waals surface area contributed by atoms with Crippen LogP contribution >= 0.6 is 0 Å². The van der Waals surface area contributed by atoms with E-state index in [2.05, 4.69) is 20.4 Å². The van der Waals surface area contributed by atoms with Gasteiger partial charge in [0.15, 0.2) is 5.78 Å². The van der Waals surface area contributed by atoms with E-state index in [1.54, 1.807) is 13.0 Å². The van der Waals surface area contributed by atoms with Crippen LogP contribution in [0.1, 0.15) is 54.9 Å². The Hall–Kier alpha value is -2.17. The highest BCUT2D eigenvalue weighted by molar-refractivity contribution is 5.97. The van der Waals surface area contributed by atoms with Crippen LogP contribution in [-0.2, 0) is 23.9 Å². The van der Waals surface area contributed by atoms with Crippen molar-refractivity contribution in [1.82, 2.24) is 0 Å². The summed E-state index contributed by atoms with van der Waals surface area (Å²) in [5, 5.41) is 0. The summed E-state index contributed by atoms with van der Waals surface area (Å²) >= 11 is 0. The highest BCUT2D eigenvalue weighted by Gasteiger charge is 2.74. The molecule has 0 saturated heterocycles. The highest BCUT2D eigenvalue weighted by atomic mass is 16.6. The summed E-state index contributed by atoms with van der Waals surface area (Å²) in [6.45, 7) is 17.1. The predicted octanol–water partition coefficient (Wildman–Crippen LogP) is 4.18. The molecule has 0 amide bonds. The fourth-order valence-electron chi connectivity index (χ4n) is 5.94.